The zero-order valence-electron chi connectivity index (χ0n) is 8.42. The molecule has 0 atom stereocenters. The number of hydrogen-bond acceptors (Lipinski definition) is 2. The highest BCUT2D eigenvalue weighted by Crippen LogP contribution is 2.30. The fraction of sp³-hybridized carbons (Fsp3) is 0.400. The van der Waals surface area contributed by atoms with Crippen LogP contribution in [0.5, 0.6) is 0 Å². The van der Waals surface area contributed by atoms with Crippen LogP contribution >= 0.6 is 12.4 Å². The van der Waals surface area contributed by atoms with E-state index in [1.807, 2.05) is 0 Å². The minimum atomic E-state index is -3.55. The number of hydrogen-bond donors (Lipinski definition) is 2. The Hall–Kier alpha value is -0.780. The van der Waals surface area contributed by atoms with Gasteiger partial charge in [0.1, 0.15) is 12.4 Å². The Morgan fingerprint density at radius 3 is 2.44 bits per heavy atom. The summed E-state index contributed by atoms with van der Waals surface area (Å²) in [7, 11) is 0. The van der Waals surface area contributed by atoms with Gasteiger partial charge in [-0.2, -0.15) is 8.78 Å². The van der Waals surface area contributed by atoms with Crippen LogP contribution in [0.2, 0.25) is 0 Å². The molecule has 0 radical (unpaired) electrons. The Balaban J connectivity index is 0.00000225. The summed E-state index contributed by atoms with van der Waals surface area (Å²) in [4.78, 5) is 0. The van der Waals surface area contributed by atoms with Crippen molar-refractivity contribution < 1.29 is 18.3 Å². The van der Waals surface area contributed by atoms with Crippen molar-refractivity contribution in [2.45, 2.75) is 12.3 Å². The minimum absolute atomic E-state index is 0. The molecular weight excluding hydrogens is 243 g/mol. The van der Waals surface area contributed by atoms with E-state index in [1.165, 1.54) is 12.1 Å². The first-order valence-corrected chi connectivity index (χ1v) is 4.49. The van der Waals surface area contributed by atoms with Crippen LogP contribution in [-0.4, -0.2) is 18.3 Å². The smallest absolute Gasteiger partial charge is 0.298 e. The van der Waals surface area contributed by atoms with Crippen molar-refractivity contribution in [3.63, 3.8) is 0 Å². The van der Waals surface area contributed by atoms with Crippen molar-refractivity contribution in [3.05, 3.63) is 35.1 Å². The van der Waals surface area contributed by atoms with Gasteiger partial charge < -0.3 is 10.8 Å². The fourth-order valence-corrected chi connectivity index (χ4v) is 1.30. The molecule has 1 rings (SSSR count). The highest BCUT2D eigenvalue weighted by Gasteiger charge is 2.34. The Kier molecular flexibility index (Phi) is 5.78. The molecule has 0 aliphatic rings. The standard InChI is InChI=1S/C10H12F3NO.ClH/c11-9-7(4-5-14)2-1-3-8(9)10(12,13)6-15;/h1-3,15H,4-6,14H2;1H. The molecule has 1 aromatic rings. The lowest BCUT2D eigenvalue weighted by Crippen LogP contribution is -2.21. The minimum Gasteiger partial charge on any atom is -0.390 e. The topological polar surface area (TPSA) is 46.2 Å². The molecular formula is C10H13ClF3NO. The summed E-state index contributed by atoms with van der Waals surface area (Å²) in [5.74, 6) is -4.53. The largest absolute Gasteiger partial charge is 0.390 e. The van der Waals surface area contributed by atoms with Gasteiger partial charge in [0, 0.05) is 0 Å². The second-order valence-electron chi connectivity index (χ2n) is 3.18. The molecule has 0 saturated heterocycles. The molecule has 6 heteroatoms. The number of benzene rings is 1. The van der Waals surface area contributed by atoms with Crippen LogP contribution < -0.4 is 5.73 Å². The van der Waals surface area contributed by atoms with Gasteiger partial charge in [-0.25, -0.2) is 4.39 Å². The molecule has 0 saturated carbocycles. The maximum atomic E-state index is 13.5. The molecule has 0 aliphatic heterocycles. The third kappa shape index (κ3) is 3.10. The molecule has 0 spiro atoms. The number of nitrogens with two attached hydrogens (primary N) is 1. The molecule has 0 heterocycles. The van der Waals surface area contributed by atoms with Crippen molar-refractivity contribution in [1.82, 2.24) is 0 Å². The van der Waals surface area contributed by atoms with Gasteiger partial charge >= 0.3 is 0 Å². The van der Waals surface area contributed by atoms with E-state index >= 15 is 0 Å². The number of rotatable bonds is 4. The Labute approximate surface area is 97.7 Å². The third-order valence-electron chi connectivity index (χ3n) is 2.09. The first-order chi connectivity index (χ1) is 7.03. The van der Waals surface area contributed by atoms with Crippen LogP contribution in [0, 0.1) is 5.82 Å². The Morgan fingerprint density at radius 2 is 1.94 bits per heavy atom. The Morgan fingerprint density at radius 1 is 1.31 bits per heavy atom. The lowest BCUT2D eigenvalue weighted by molar-refractivity contribution is -0.0583. The van der Waals surface area contributed by atoms with E-state index < -0.39 is 23.9 Å². The molecule has 0 aliphatic carbocycles. The normalized spacial score (nSPS) is 11.1. The number of aliphatic hydroxyl groups excluding tert-OH is 1. The zero-order chi connectivity index (χ0) is 11.5. The van der Waals surface area contributed by atoms with Crippen molar-refractivity contribution in [2.75, 3.05) is 13.2 Å². The van der Waals surface area contributed by atoms with Crippen molar-refractivity contribution in [3.8, 4) is 0 Å². The third-order valence-corrected chi connectivity index (χ3v) is 2.09. The van der Waals surface area contributed by atoms with E-state index in [2.05, 4.69) is 0 Å². The van der Waals surface area contributed by atoms with Gasteiger partial charge in [-0.05, 0) is 24.6 Å². The summed E-state index contributed by atoms with van der Waals surface area (Å²) < 4.78 is 39.6. The molecule has 0 unspecified atom stereocenters. The Bertz CT molecular complexity index is 347. The van der Waals surface area contributed by atoms with Crippen LogP contribution in [0.15, 0.2) is 18.2 Å². The zero-order valence-corrected chi connectivity index (χ0v) is 9.24. The number of alkyl halides is 2. The van der Waals surface area contributed by atoms with Gasteiger partial charge in [0.15, 0.2) is 0 Å². The first kappa shape index (κ1) is 15.2. The predicted octanol–water partition coefficient (Wildman–Crippen LogP) is 1.83. The van der Waals surface area contributed by atoms with Gasteiger partial charge in [-0.3, -0.25) is 0 Å². The van der Waals surface area contributed by atoms with Crippen molar-refractivity contribution >= 4 is 12.4 Å². The highest BCUT2D eigenvalue weighted by molar-refractivity contribution is 5.85. The van der Waals surface area contributed by atoms with E-state index in [0.29, 0.717) is 0 Å². The van der Waals surface area contributed by atoms with Crippen LogP contribution in [-0.2, 0) is 12.3 Å². The van der Waals surface area contributed by atoms with Crippen molar-refractivity contribution in [1.29, 1.82) is 0 Å². The summed E-state index contributed by atoms with van der Waals surface area (Å²) in [6.07, 6.45) is 0.196. The van der Waals surface area contributed by atoms with Crippen LogP contribution in [0.25, 0.3) is 0 Å². The summed E-state index contributed by atoms with van der Waals surface area (Å²) in [5.41, 5.74) is 4.58. The van der Waals surface area contributed by atoms with Gasteiger partial charge in [-0.1, -0.05) is 12.1 Å². The van der Waals surface area contributed by atoms with Crippen LogP contribution in [0.1, 0.15) is 11.1 Å². The van der Waals surface area contributed by atoms with E-state index in [4.69, 9.17) is 10.8 Å². The van der Waals surface area contributed by atoms with E-state index in [-0.39, 0.29) is 30.9 Å². The molecule has 2 nitrogen and oxygen atoms in total. The second-order valence-corrected chi connectivity index (χ2v) is 3.18. The van der Waals surface area contributed by atoms with Gasteiger partial charge in [0.2, 0.25) is 0 Å². The average Bonchev–Trinajstić information content (AvgIpc) is 2.21. The lowest BCUT2D eigenvalue weighted by atomic mass is 10.0. The van der Waals surface area contributed by atoms with Crippen molar-refractivity contribution in [2.24, 2.45) is 5.73 Å². The lowest BCUT2D eigenvalue weighted by Gasteiger charge is -2.15. The summed E-state index contributed by atoms with van der Waals surface area (Å²) in [6.45, 7) is -1.22. The van der Waals surface area contributed by atoms with E-state index in [1.54, 1.807) is 0 Å². The van der Waals surface area contributed by atoms with Gasteiger partial charge in [0.05, 0.1) is 5.56 Å². The number of aliphatic hydroxyl groups is 1. The summed E-state index contributed by atoms with van der Waals surface area (Å²) in [5, 5.41) is 8.45. The summed E-state index contributed by atoms with van der Waals surface area (Å²) >= 11 is 0. The predicted molar refractivity (Wildman–Crippen MR) is 57.4 cm³/mol. The first-order valence-electron chi connectivity index (χ1n) is 4.49. The maximum absolute atomic E-state index is 13.5. The molecule has 0 bridgehead atoms. The van der Waals surface area contributed by atoms with Gasteiger partial charge in [0.25, 0.3) is 5.92 Å². The molecule has 3 N–H and O–H groups in total. The van der Waals surface area contributed by atoms with Crippen LogP contribution in [0.4, 0.5) is 13.2 Å². The van der Waals surface area contributed by atoms with Crippen LogP contribution in [0.3, 0.4) is 0 Å². The van der Waals surface area contributed by atoms with E-state index in [0.717, 1.165) is 6.07 Å². The summed E-state index contributed by atoms with van der Waals surface area (Å²) in [6, 6.07) is 3.69. The van der Waals surface area contributed by atoms with E-state index in [9.17, 15) is 13.2 Å². The molecule has 16 heavy (non-hydrogen) atoms. The monoisotopic (exact) mass is 255 g/mol. The number of halogens is 4. The second kappa shape index (κ2) is 6.08. The molecule has 0 fully saturated rings. The molecule has 0 amide bonds. The fourth-order valence-electron chi connectivity index (χ4n) is 1.30. The quantitative estimate of drug-likeness (QED) is 0.862. The molecule has 0 aromatic heterocycles. The van der Waals surface area contributed by atoms with Gasteiger partial charge in [-0.15, -0.1) is 12.4 Å². The average molecular weight is 256 g/mol. The maximum Gasteiger partial charge on any atom is 0.298 e. The highest BCUT2D eigenvalue weighted by atomic mass is 35.5. The molecule has 1 aromatic carbocycles. The SMILES string of the molecule is Cl.NCCc1cccc(C(F)(F)CO)c1F. The molecule has 92 valence electrons.